The van der Waals surface area contributed by atoms with Gasteiger partial charge in [0, 0.05) is 95.0 Å². The van der Waals surface area contributed by atoms with Crippen LogP contribution in [-0.2, 0) is 60.2 Å². The Kier molecular flexibility index (Phi) is 53.1. The second-order valence-electron chi connectivity index (χ2n) is 29.3. The Morgan fingerprint density at radius 1 is 0.673 bits per heavy atom. The first kappa shape index (κ1) is 101. The van der Waals surface area contributed by atoms with Crippen molar-refractivity contribution in [1.82, 2.24) is 19.7 Å². The van der Waals surface area contributed by atoms with Crippen molar-refractivity contribution < 1.29 is 64.7 Å². The summed E-state index contributed by atoms with van der Waals surface area (Å²) in [5.74, 6) is 2.63. The Labute approximate surface area is 643 Å². The molecule has 0 radical (unpaired) electrons. The number of nitrogen functional groups attached to an aromatic ring is 1. The number of nitrogens with one attached hydrogen (secondary N) is 1. The number of hydrogen-bond acceptors (Lipinski definition) is 12. The van der Waals surface area contributed by atoms with E-state index in [1.54, 1.807) is 115 Å². The van der Waals surface area contributed by atoms with Crippen LogP contribution in [0.4, 0.5) is 20.2 Å². The van der Waals surface area contributed by atoms with E-state index in [2.05, 4.69) is 70.6 Å². The smallest absolute Gasteiger partial charge is 1.00 e. The maximum absolute atomic E-state index is 13.8. The summed E-state index contributed by atoms with van der Waals surface area (Å²) in [6.07, 6.45) is 23.2. The van der Waals surface area contributed by atoms with Crippen molar-refractivity contribution >= 4 is 104 Å². The van der Waals surface area contributed by atoms with Gasteiger partial charge in [-0.15, -0.1) is 23.0 Å². The third-order valence-electron chi connectivity index (χ3n) is 13.6. The molecule has 0 bridgehead atoms. The fourth-order valence-electron chi connectivity index (χ4n) is 7.42. The van der Waals surface area contributed by atoms with E-state index in [0.29, 0.717) is 23.9 Å². The van der Waals surface area contributed by atoms with Gasteiger partial charge in [0.25, 0.3) is 0 Å². The largest absolute Gasteiger partial charge is 2.00 e. The molecule has 8 N–H and O–H groups in total. The Hall–Kier alpha value is -2.88. The van der Waals surface area contributed by atoms with Crippen LogP contribution in [0.3, 0.4) is 0 Å². The molecule has 3 fully saturated rings. The molecule has 552 valence electrons. The quantitative estimate of drug-likeness (QED) is 0.0158. The molecule has 24 heteroatoms. The molecular formula is C74H124BrF2MgN8O7S3SiTi-. The second-order valence-corrected chi connectivity index (χ2v) is 40.0. The third-order valence-corrected chi connectivity index (χ3v) is 20.1. The van der Waals surface area contributed by atoms with Crippen LogP contribution in [0.2, 0.25) is 19.6 Å². The molecule has 2 unspecified atom stereocenters. The second kappa shape index (κ2) is 51.3. The van der Waals surface area contributed by atoms with E-state index in [1.807, 2.05) is 98.2 Å². The first-order chi connectivity index (χ1) is 43.8. The van der Waals surface area contributed by atoms with Gasteiger partial charge in [0.2, 0.25) is 0 Å². The van der Waals surface area contributed by atoms with Gasteiger partial charge in [-0.2, -0.15) is 28.5 Å². The number of halogens is 3. The van der Waals surface area contributed by atoms with Crippen molar-refractivity contribution in [2.75, 3.05) is 17.3 Å². The molecule has 0 saturated heterocycles. The number of aliphatic hydroxyl groups excluding tert-OH is 3. The number of ketones is 1. The van der Waals surface area contributed by atoms with Gasteiger partial charge in [0.1, 0.15) is 25.0 Å². The summed E-state index contributed by atoms with van der Waals surface area (Å²) >= 11 is 0. The van der Waals surface area contributed by atoms with Crippen LogP contribution >= 0.6 is 17.0 Å². The van der Waals surface area contributed by atoms with Crippen LogP contribution in [0.25, 0.3) is 0 Å². The number of nitrogens with two attached hydrogens (primary N) is 2. The minimum atomic E-state index is -1.46. The van der Waals surface area contributed by atoms with E-state index >= 15 is 0 Å². The number of hydrogen-bond donors (Lipinski definition) is 6. The minimum Gasteiger partial charge on any atom is -1.00 e. The van der Waals surface area contributed by atoms with Crippen molar-refractivity contribution in [1.29, 1.82) is 0 Å². The standard InChI is InChI=1S/C21H28FN3OS.C15H22N2OS.C11H13NO.C10H15FNSi.C4H11NOS.C4H9.3C3H8O.BrH.Mg.Ti.H/c1-20(2,3)27(26)25-21(11-8-15-4-5-15,16-9-12-24-13-10-16)17-6-7-18(22)19(23)14-17;1-15(2,3)19(18)17-14(7-6-12-4-5-12)13-8-10-16-11-9-13;13-11(4-3-9-1-2-9)10-5-7-12-8-6-10;1-12(13(2,3)4)10-8-6-5-7-9(10)11;1-4(2,3)7(5)6;1-4(2)3;3*1-3(2)4;;;;/h6-7,9-10,12-15,25H,4-5,8,11,23H2,1-3H3;8-12H,4-7H2,1-3H3;5-9H,1-4H2;5,7-8H,1-4H3;5H2,1-3H3;4H,1H2,2-3H3;3*3-4H,1-2H3;1H;;;/q;;;-1;;-1;;;;;+2;;-1/t21?,27-;;;;7-;;;;;;;;/m0...0......../s1. The minimum absolute atomic E-state index is 0. The number of benzene rings is 2. The predicted octanol–water partition coefficient (Wildman–Crippen LogP) is 16.5. The van der Waals surface area contributed by atoms with Gasteiger partial charge in [0.05, 0.1) is 53.2 Å². The van der Waals surface area contributed by atoms with Gasteiger partial charge in [-0.1, -0.05) is 78.1 Å². The fraction of sp³-hybridized carbons (Fsp3) is 0.595. The normalized spacial score (nSPS) is 14.8. The maximum Gasteiger partial charge on any atom is 2.00 e. The van der Waals surface area contributed by atoms with Gasteiger partial charge in [-0.3, -0.25) is 24.9 Å². The summed E-state index contributed by atoms with van der Waals surface area (Å²) in [6, 6.07) is 23.8. The number of rotatable bonds is 18. The monoisotopic (exact) mass is 1550 g/mol. The van der Waals surface area contributed by atoms with Gasteiger partial charge in [-0.05, 0) is 232 Å². The number of anilines is 2. The first-order valence-corrected chi connectivity index (χ1v) is 40.2. The number of carbonyl (C=O) groups excluding carboxylic acids is 1. The van der Waals surface area contributed by atoms with Crippen LogP contribution in [0.5, 0.6) is 0 Å². The van der Waals surface area contributed by atoms with E-state index in [0.717, 1.165) is 71.9 Å². The number of Topliss-reactive ketones (excluding diaryl/α,β-unsaturated/α-hetero) is 1. The Morgan fingerprint density at radius 3 is 1.42 bits per heavy atom. The summed E-state index contributed by atoms with van der Waals surface area (Å²) in [5, 5.41) is 29.2. The zero-order valence-electron chi connectivity index (χ0n) is 64.1. The average molecular weight is 1550 g/mol. The van der Waals surface area contributed by atoms with Gasteiger partial charge >= 0.3 is 23.1 Å². The summed E-state index contributed by atoms with van der Waals surface area (Å²) in [4.78, 5) is 23.6. The molecule has 0 aliphatic heterocycles. The molecule has 3 saturated carbocycles. The maximum atomic E-state index is 13.8. The van der Waals surface area contributed by atoms with Gasteiger partial charge < -0.3 is 34.0 Å². The van der Waals surface area contributed by atoms with Crippen molar-refractivity contribution in [3.05, 3.63) is 157 Å². The SMILES string of the molecule is Br.CC(C)(C)S(=O)N=C(CCC1CC1)c1ccncc1.CC(C)(C)[S@@](N)=O.CC(C)(C)[S@](=O)NC(CCC1CC1)(c1ccncc1)c1ccc(F)c(N)c1.CC(C)O.CC(C)O.CC(C)O.CN(c1c[c-]ccc1F)[Si](C)(C)C.O=C(CCC1CC1)c1ccncc1.[CH2-]C(C)C.[H-].[Mg+2].[Ti]. The summed E-state index contributed by atoms with van der Waals surface area (Å²) in [5.41, 5.74) is 10.5. The molecule has 3 aliphatic carbocycles. The predicted molar refractivity (Wildman–Crippen MR) is 418 cm³/mol. The molecule has 8 rings (SSSR count). The Bertz CT molecular complexity index is 3000. The Balaban J connectivity index is -0.000000363. The molecule has 3 heterocycles. The zero-order valence-corrected chi connectivity index (χ0v) is 71.2. The number of nitrogens with zero attached hydrogens (tertiary/aromatic N) is 5. The molecule has 0 spiro atoms. The van der Waals surface area contributed by atoms with Crippen LogP contribution in [0.15, 0.2) is 114 Å². The van der Waals surface area contributed by atoms with Crippen LogP contribution in [-0.4, -0.2) is 125 Å². The van der Waals surface area contributed by atoms with E-state index in [-0.39, 0.29) is 108 Å². The van der Waals surface area contributed by atoms with Crippen LogP contribution in [0, 0.1) is 48.3 Å². The summed E-state index contributed by atoms with van der Waals surface area (Å²) in [7, 11) is -3.21. The topological polar surface area (TPSA) is 247 Å². The van der Waals surface area contributed by atoms with E-state index < -0.39 is 57.3 Å². The summed E-state index contributed by atoms with van der Waals surface area (Å²) < 4.78 is 71.8. The van der Waals surface area contributed by atoms with Crippen molar-refractivity contribution in [3.63, 3.8) is 0 Å². The molecular weight excluding hydrogens is 1430 g/mol. The number of carbonyl (C=O) groups is 1. The molecule has 4 atom stereocenters. The van der Waals surface area contributed by atoms with Crippen LogP contribution in [0.1, 0.15) is 223 Å². The van der Waals surface area contributed by atoms with Crippen molar-refractivity contribution in [3.8, 4) is 0 Å². The average Bonchev–Trinajstić information content (AvgIpc) is 1.25. The van der Waals surface area contributed by atoms with E-state index in [9.17, 15) is 26.2 Å². The summed E-state index contributed by atoms with van der Waals surface area (Å²) in [6.45, 7) is 41.8. The fourth-order valence-corrected chi connectivity index (χ4v) is 9.95. The van der Waals surface area contributed by atoms with Crippen LogP contribution < -0.4 is 20.2 Å². The van der Waals surface area contributed by atoms with E-state index in [4.69, 9.17) is 26.2 Å². The van der Waals surface area contributed by atoms with Crippen molar-refractivity contribution in [2.24, 2.45) is 33.2 Å². The van der Waals surface area contributed by atoms with Gasteiger partial charge in [0.15, 0.2) is 5.78 Å². The van der Waals surface area contributed by atoms with E-state index in [1.165, 1.54) is 50.7 Å². The zero-order chi connectivity index (χ0) is 73.1. The molecule has 98 heavy (non-hydrogen) atoms. The molecule has 3 aromatic heterocycles. The number of aromatic nitrogens is 3. The molecule has 3 aliphatic rings. The van der Waals surface area contributed by atoms with Gasteiger partial charge in [-0.25, -0.2) is 26.1 Å². The molecule has 15 nitrogen and oxygen atoms in total. The molecule has 2 aromatic carbocycles. The molecule has 5 aromatic rings. The number of pyridine rings is 3. The van der Waals surface area contributed by atoms with Crippen molar-refractivity contribution in [2.45, 2.75) is 252 Å². The Morgan fingerprint density at radius 2 is 1.06 bits per heavy atom. The third kappa shape index (κ3) is 48.9. The first-order valence-electron chi connectivity index (χ1n) is 33.3. The number of aliphatic hydroxyl groups is 3. The molecule has 0 amide bonds.